The Morgan fingerprint density at radius 2 is 1.79 bits per heavy atom. The third kappa shape index (κ3) is 4.69. The van der Waals surface area contributed by atoms with Crippen LogP contribution in [0.4, 0.5) is 10.5 Å². The predicted octanol–water partition coefficient (Wildman–Crippen LogP) is 5.47. The first-order valence-electron chi connectivity index (χ1n) is 9.61. The second-order valence-corrected chi connectivity index (χ2v) is 7.49. The molecule has 1 aromatic heterocycles. The zero-order valence-electron chi connectivity index (χ0n) is 16.2. The van der Waals surface area contributed by atoms with Gasteiger partial charge in [0.1, 0.15) is 5.75 Å². The van der Waals surface area contributed by atoms with E-state index >= 15 is 0 Å². The maximum absolute atomic E-state index is 12.7. The van der Waals surface area contributed by atoms with Crippen molar-refractivity contribution in [1.29, 1.82) is 0 Å². The second kappa shape index (κ2) is 8.53. The summed E-state index contributed by atoms with van der Waals surface area (Å²) in [5.74, 6) is 1.12. The molecule has 0 radical (unpaired) electrons. The van der Waals surface area contributed by atoms with E-state index in [0.717, 1.165) is 18.4 Å². The van der Waals surface area contributed by atoms with Gasteiger partial charge in [0.05, 0.1) is 11.9 Å². The number of nitrogens with one attached hydrogen (secondary N) is 1. The number of carbonyl (C=O) groups excluding carboxylic acids is 1. The Balaban J connectivity index is 1.36. The zero-order chi connectivity index (χ0) is 20.2. The minimum absolute atomic E-state index is 0.110. The molecule has 2 heterocycles. The number of benzene rings is 2. The lowest BCUT2D eigenvalue weighted by Gasteiger charge is -2.20. The fourth-order valence-corrected chi connectivity index (χ4v) is 3.51. The Bertz CT molecular complexity index is 994. The minimum atomic E-state index is -0.110. The van der Waals surface area contributed by atoms with Gasteiger partial charge in [-0.15, -0.1) is 0 Å². The standard InChI is InChI=1S/C23H22ClN3O2/c1-16-14-20(7-8-21(16)24)29-22-9-6-19(15-25-22)26-23(28)27-12-10-17-4-2-3-5-18(17)11-13-27/h2-9,14-15H,10-13H2,1H3,(H,26,28). The third-order valence-electron chi connectivity index (χ3n) is 5.05. The van der Waals surface area contributed by atoms with E-state index < -0.39 is 0 Å². The molecule has 4 rings (SSSR count). The van der Waals surface area contributed by atoms with Crippen LogP contribution in [-0.4, -0.2) is 29.0 Å². The molecule has 148 valence electrons. The predicted molar refractivity (Wildman–Crippen MR) is 115 cm³/mol. The van der Waals surface area contributed by atoms with E-state index in [4.69, 9.17) is 16.3 Å². The van der Waals surface area contributed by atoms with Gasteiger partial charge >= 0.3 is 6.03 Å². The Labute approximate surface area is 175 Å². The minimum Gasteiger partial charge on any atom is -0.439 e. The van der Waals surface area contributed by atoms with Crippen LogP contribution in [-0.2, 0) is 12.8 Å². The number of halogens is 1. The van der Waals surface area contributed by atoms with Gasteiger partial charge in [0.2, 0.25) is 5.88 Å². The number of pyridine rings is 1. The molecule has 5 nitrogen and oxygen atoms in total. The Hall–Kier alpha value is -3.05. The van der Waals surface area contributed by atoms with Crippen molar-refractivity contribution >= 4 is 23.3 Å². The van der Waals surface area contributed by atoms with Crippen molar-refractivity contribution in [2.45, 2.75) is 19.8 Å². The molecular weight excluding hydrogens is 386 g/mol. The summed E-state index contributed by atoms with van der Waals surface area (Å²) in [6.07, 6.45) is 3.34. The number of ether oxygens (including phenoxy) is 1. The number of rotatable bonds is 3. The molecule has 6 heteroatoms. The fourth-order valence-electron chi connectivity index (χ4n) is 3.39. The maximum Gasteiger partial charge on any atom is 0.321 e. The van der Waals surface area contributed by atoms with Crippen LogP contribution in [0.15, 0.2) is 60.8 Å². The van der Waals surface area contributed by atoms with Crippen LogP contribution in [0.3, 0.4) is 0 Å². The van der Waals surface area contributed by atoms with Gasteiger partial charge in [-0.05, 0) is 60.7 Å². The summed E-state index contributed by atoms with van der Waals surface area (Å²) < 4.78 is 5.75. The topological polar surface area (TPSA) is 54.5 Å². The molecule has 0 saturated carbocycles. The first-order valence-corrected chi connectivity index (χ1v) is 9.99. The van der Waals surface area contributed by atoms with E-state index in [1.54, 1.807) is 30.5 Å². The molecule has 0 bridgehead atoms. The van der Waals surface area contributed by atoms with Crippen molar-refractivity contribution in [3.8, 4) is 11.6 Å². The number of amides is 2. The summed E-state index contributed by atoms with van der Waals surface area (Å²) in [4.78, 5) is 18.8. The lowest BCUT2D eigenvalue weighted by atomic mass is 10.0. The van der Waals surface area contributed by atoms with Gasteiger partial charge in [-0.2, -0.15) is 0 Å². The molecule has 0 aliphatic carbocycles. The van der Waals surface area contributed by atoms with Gasteiger partial charge in [-0.25, -0.2) is 9.78 Å². The first kappa shape index (κ1) is 19.3. The number of fused-ring (bicyclic) bond motifs is 1. The maximum atomic E-state index is 12.7. The smallest absolute Gasteiger partial charge is 0.321 e. The number of aryl methyl sites for hydroxylation is 1. The zero-order valence-corrected chi connectivity index (χ0v) is 16.9. The molecule has 1 N–H and O–H groups in total. The molecule has 2 amide bonds. The van der Waals surface area contributed by atoms with Gasteiger partial charge < -0.3 is 15.0 Å². The van der Waals surface area contributed by atoms with Crippen LogP contribution in [0.25, 0.3) is 0 Å². The van der Waals surface area contributed by atoms with Crippen LogP contribution < -0.4 is 10.1 Å². The lowest BCUT2D eigenvalue weighted by molar-refractivity contribution is 0.214. The molecule has 0 atom stereocenters. The summed E-state index contributed by atoms with van der Waals surface area (Å²) in [5, 5.41) is 3.62. The highest BCUT2D eigenvalue weighted by Gasteiger charge is 2.18. The van der Waals surface area contributed by atoms with E-state index in [0.29, 0.717) is 35.4 Å². The first-order chi connectivity index (χ1) is 14.1. The fraction of sp³-hybridized carbons (Fsp3) is 0.217. The molecule has 29 heavy (non-hydrogen) atoms. The normalized spacial score (nSPS) is 13.4. The van der Waals surface area contributed by atoms with E-state index in [1.807, 2.05) is 17.9 Å². The summed E-state index contributed by atoms with van der Waals surface area (Å²) in [7, 11) is 0. The highest BCUT2D eigenvalue weighted by Crippen LogP contribution is 2.25. The summed E-state index contributed by atoms with van der Waals surface area (Å²) >= 11 is 6.04. The number of urea groups is 1. The second-order valence-electron chi connectivity index (χ2n) is 7.08. The Morgan fingerprint density at radius 3 is 2.41 bits per heavy atom. The molecule has 0 spiro atoms. The van der Waals surface area contributed by atoms with Crippen molar-refractivity contribution in [3.05, 3.63) is 82.5 Å². The van der Waals surface area contributed by atoms with Gasteiger partial charge in [0, 0.05) is 24.2 Å². The average molecular weight is 408 g/mol. The van der Waals surface area contributed by atoms with Crippen molar-refractivity contribution in [1.82, 2.24) is 9.88 Å². The molecule has 3 aromatic rings. The van der Waals surface area contributed by atoms with Gasteiger partial charge in [-0.1, -0.05) is 35.9 Å². The van der Waals surface area contributed by atoms with E-state index in [-0.39, 0.29) is 6.03 Å². The summed E-state index contributed by atoms with van der Waals surface area (Å²) in [6, 6.07) is 17.2. The average Bonchev–Trinajstić information content (AvgIpc) is 2.95. The third-order valence-corrected chi connectivity index (χ3v) is 5.47. The SMILES string of the molecule is Cc1cc(Oc2ccc(NC(=O)N3CCc4ccccc4CC3)cn2)ccc1Cl. The van der Waals surface area contributed by atoms with Crippen molar-refractivity contribution in [2.24, 2.45) is 0 Å². The molecular formula is C23H22ClN3O2. The molecule has 0 fully saturated rings. The lowest BCUT2D eigenvalue weighted by Crippen LogP contribution is -2.36. The highest BCUT2D eigenvalue weighted by atomic mass is 35.5. The van der Waals surface area contributed by atoms with Crippen LogP contribution in [0.2, 0.25) is 5.02 Å². The summed E-state index contributed by atoms with van der Waals surface area (Å²) in [6.45, 7) is 3.32. The monoisotopic (exact) mass is 407 g/mol. The molecule has 0 unspecified atom stereocenters. The summed E-state index contributed by atoms with van der Waals surface area (Å²) in [5.41, 5.74) is 4.22. The van der Waals surface area contributed by atoms with Crippen molar-refractivity contribution in [3.63, 3.8) is 0 Å². The highest BCUT2D eigenvalue weighted by molar-refractivity contribution is 6.31. The largest absolute Gasteiger partial charge is 0.439 e. The van der Waals surface area contributed by atoms with Crippen molar-refractivity contribution in [2.75, 3.05) is 18.4 Å². The van der Waals surface area contributed by atoms with Gasteiger partial charge in [0.15, 0.2) is 0 Å². The molecule has 0 saturated heterocycles. The number of nitrogens with zero attached hydrogens (tertiary/aromatic N) is 2. The van der Waals surface area contributed by atoms with E-state index in [1.165, 1.54) is 11.1 Å². The van der Waals surface area contributed by atoms with Gasteiger partial charge in [0.25, 0.3) is 0 Å². The van der Waals surface area contributed by atoms with Crippen LogP contribution in [0, 0.1) is 6.92 Å². The number of carbonyl (C=O) groups is 1. The molecule has 1 aliphatic rings. The number of hydrogen-bond donors (Lipinski definition) is 1. The van der Waals surface area contributed by atoms with Crippen LogP contribution >= 0.6 is 11.6 Å². The number of hydrogen-bond acceptors (Lipinski definition) is 3. The van der Waals surface area contributed by atoms with E-state index in [9.17, 15) is 4.79 Å². The van der Waals surface area contributed by atoms with E-state index in [2.05, 4.69) is 34.6 Å². The quantitative estimate of drug-likeness (QED) is 0.626. The number of aromatic nitrogens is 1. The molecule has 1 aliphatic heterocycles. The van der Waals surface area contributed by atoms with Crippen LogP contribution in [0.1, 0.15) is 16.7 Å². The van der Waals surface area contributed by atoms with Crippen LogP contribution in [0.5, 0.6) is 11.6 Å². The van der Waals surface area contributed by atoms with Crippen molar-refractivity contribution < 1.29 is 9.53 Å². The molecule has 2 aromatic carbocycles. The Morgan fingerprint density at radius 1 is 1.07 bits per heavy atom. The number of anilines is 1. The van der Waals surface area contributed by atoms with Gasteiger partial charge in [-0.3, -0.25) is 0 Å². The Kier molecular flexibility index (Phi) is 5.67.